The molecule has 4 amide bonds. The highest BCUT2D eigenvalue weighted by Crippen LogP contribution is 2.14. The molecule has 1 N–H and O–H groups in total. The van der Waals surface area contributed by atoms with E-state index in [1.54, 1.807) is 12.1 Å². The molecule has 146 valence electrons. The van der Waals surface area contributed by atoms with E-state index in [1.807, 2.05) is 26.8 Å². The van der Waals surface area contributed by atoms with Crippen molar-refractivity contribution in [3.8, 4) is 0 Å². The van der Waals surface area contributed by atoms with Crippen molar-refractivity contribution >= 4 is 23.5 Å². The number of likely N-dealkylation sites (tertiary alicyclic amines) is 1. The van der Waals surface area contributed by atoms with Crippen molar-refractivity contribution in [2.24, 2.45) is 0 Å². The van der Waals surface area contributed by atoms with Crippen LogP contribution in [0.3, 0.4) is 0 Å². The second kappa shape index (κ2) is 8.88. The maximum atomic E-state index is 12.6. The summed E-state index contributed by atoms with van der Waals surface area (Å²) in [5, 5.41) is 2.72. The molecule has 0 saturated carbocycles. The molecule has 2 heterocycles. The zero-order valence-corrected chi connectivity index (χ0v) is 15.9. The fraction of sp³-hybridized carbons (Fsp3) is 0.550. The van der Waals surface area contributed by atoms with E-state index in [4.69, 9.17) is 0 Å². The van der Waals surface area contributed by atoms with Crippen molar-refractivity contribution in [1.29, 1.82) is 0 Å². The van der Waals surface area contributed by atoms with Crippen molar-refractivity contribution in [3.63, 3.8) is 0 Å². The van der Waals surface area contributed by atoms with Gasteiger partial charge < -0.3 is 20.0 Å². The summed E-state index contributed by atoms with van der Waals surface area (Å²) >= 11 is 0. The average molecular weight is 372 g/mol. The second-order valence-corrected chi connectivity index (χ2v) is 7.25. The largest absolute Gasteiger partial charge is 0.339 e. The van der Waals surface area contributed by atoms with E-state index in [2.05, 4.69) is 5.32 Å². The smallest absolute Gasteiger partial charge is 0.320 e. The van der Waals surface area contributed by atoms with Gasteiger partial charge in [-0.05, 0) is 37.0 Å². The summed E-state index contributed by atoms with van der Waals surface area (Å²) in [6.45, 7) is 5.54. The van der Waals surface area contributed by atoms with Crippen LogP contribution in [0, 0.1) is 0 Å². The Morgan fingerprint density at radius 3 is 1.96 bits per heavy atom. The Morgan fingerprint density at radius 2 is 1.37 bits per heavy atom. The lowest BCUT2D eigenvalue weighted by Gasteiger charge is -2.38. The molecule has 0 spiro atoms. The van der Waals surface area contributed by atoms with Gasteiger partial charge in [0, 0.05) is 51.9 Å². The molecule has 7 nitrogen and oxygen atoms in total. The Bertz CT molecular complexity index is 675. The van der Waals surface area contributed by atoms with Crippen LogP contribution in [0.5, 0.6) is 0 Å². The number of carbonyl (C=O) groups excluding carboxylic acids is 3. The van der Waals surface area contributed by atoms with Crippen LogP contribution >= 0.6 is 0 Å². The number of hydrogen-bond acceptors (Lipinski definition) is 3. The van der Waals surface area contributed by atoms with Crippen LogP contribution in [0.1, 0.15) is 31.7 Å². The first-order valence-electron chi connectivity index (χ1n) is 9.71. The lowest BCUT2D eigenvalue weighted by molar-refractivity contribution is -0.132. The first-order valence-corrected chi connectivity index (χ1v) is 9.71. The van der Waals surface area contributed by atoms with Gasteiger partial charge in [-0.2, -0.15) is 0 Å². The topological polar surface area (TPSA) is 73.0 Å². The highest BCUT2D eigenvalue weighted by molar-refractivity contribution is 5.88. The van der Waals surface area contributed by atoms with Crippen LogP contribution in [0.4, 0.5) is 10.5 Å². The van der Waals surface area contributed by atoms with Gasteiger partial charge in [0.1, 0.15) is 0 Å². The highest BCUT2D eigenvalue weighted by Gasteiger charge is 2.27. The monoisotopic (exact) mass is 372 g/mol. The summed E-state index contributed by atoms with van der Waals surface area (Å²) in [5.41, 5.74) is 1.64. The molecule has 2 saturated heterocycles. The summed E-state index contributed by atoms with van der Waals surface area (Å²) in [4.78, 5) is 41.8. The Labute approximate surface area is 160 Å². The maximum absolute atomic E-state index is 12.6. The van der Waals surface area contributed by atoms with Crippen LogP contribution in [-0.4, -0.2) is 71.8 Å². The zero-order chi connectivity index (χ0) is 19.2. The van der Waals surface area contributed by atoms with Gasteiger partial charge in [0.05, 0.1) is 6.42 Å². The van der Waals surface area contributed by atoms with Crippen molar-refractivity contribution < 1.29 is 14.4 Å². The first-order chi connectivity index (χ1) is 13.0. The molecule has 0 radical (unpaired) electrons. The molecule has 0 atom stereocenters. The number of piperidine rings is 1. The Balaban J connectivity index is 1.46. The van der Waals surface area contributed by atoms with E-state index >= 15 is 0 Å². The summed E-state index contributed by atoms with van der Waals surface area (Å²) in [5.74, 6) is -0.0388. The van der Waals surface area contributed by atoms with Crippen LogP contribution in [-0.2, 0) is 16.0 Å². The Hall–Kier alpha value is -2.57. The van der Waals surface area contributed by atoms with E-state index in [0.717, 1.165) is 37.2 Å². The fourth-order valence-corrected chi connectivity index (χ4v) is 3.63. The molecule has 0 aliphatic carbocycles. The predicted octanol–water partition coefficient (Wildman–Crippen LogP) is 1.94. The predicted molar refractivity (Wildman–Crippen MR) is 103 cm³/mol. The van der Waals surface area contributed by atoms with Gasteiger partial charge in [0.25, 0.3) is 0 Å². The van der Waals surface area contributed by atoms with Gasteiger partial charge >= 0.3 is 6.03 Å². The second-order valence-electron chi connectivity index (χ2n) is 7.25. The molecule has 1 aromatic rings. The third kappa shape index (κ3) is 5.21. The van der Waals surface area contributed by atoms with Gasteiger partial charge in [-0.1, -0.05) is 12.1 Å². The minimum atomic E-state index is -0.115. The normalized spacial score (nSPS) is 17.6. The number of anilines is 1. The number of amides is 4. The molecule has 27 heavy (non-hydrogen) atoms. The molecule has 1 aromatic carbocycles. The van der Waals surface area contributed by atoms with Gasteiger partial charge in [-0.15, -0.1) is 0 Å². The third-order valence-electron chi connectivity index (χ3n) is 5.16. The summed E-state index contributed by atoms with van der Waals surface area (Å²) in [6.07, 6.45) is 3.72. The van der Waals surface area contributed by atoms with Crippen molar-refractivity contribution in [2.75, 3.05) is 44.6 Å². The number of piperazine rings is 1. The molecule has 0 bridgehead atoms. The summed E-state index contributed by atoms with van der Waals surface area (Å²) < 4.78 is 0. The van der Waals surface area contributed by atoms with E-state index < -0.39 is 0 Å². The highest BCUT2D eigenvalue weighted by atomic mass is 16.2. The molecule has 2 aliphatic rings. The minimum Gasteiger partial charge on any atom is -0.339 e. The maximum Gasteiger partial charge on any atom is 0.320 e. The molecule has 2 fully saturated rings. The molecule has 0 unspecified atom stereocenters. The average Bonchev–Trinajstić information content (AvgIpc) is 2.69. The summed E-state index contributed by atoms with van der Waals surface area (Å²) in [7, 11) is 0. The van der Waals surface area contributed by atoms with Gasteiger partial charge in [-0.3, -0.25) is 9.59 Å². The molecule has 0 aromatic heterocycles. The number of nitrogens with one attached hydrogen (secondary N) is 1. The summed E-state index contributed by atoms with van der Waals surface area (Å²) in [6, 6.07) is 7.45. The standard InChI is InChI=1S/C20H28N4O3/c1-16(25)21-18-7-5-17(6-8-18)15-19(26)22-11-13-24(14-12-22)20(27)23-9-3-2-4-10-23/h5-8H,2-4,9-15H2,1H3,(H,21,25). The zero-order valence-electron chi connectivity index (χ0n) is 15.9. The lowest BCUT2D eigenvalue weighted by atomic mass is 10.1. The number of benzene rings is 1. The molecule has 2 aliphatic heterocycles. The Kier molecular flexibility index (Phi) is 6.32. The van der Waals surface area contributed by atoms with Crippen molar-refractivity contribution in [2.45, 2.75) is 32.6 Å². The first kappa shape index (κ1) is 19.2. The number of carbonyl (C=O) groups is 3. The molecule has 3 rings (SSSR count). The van der Waals surface area contributed by atoms with Crippen LogP contribution < -0.4 is 5.32 Å². The van der Waals surface area contributed by atoms with E-state index in [-0.39, 0.29) is 17.8 Å². The van der Waals surface area contributed by atoms with Crippen molar-refractivity contribution in [3.05, 3.63) is 29.8 Å². The number of rotatable bonds is 3. The van der Waals surface area contributed by atoms with Gasteiger partial charge in [0.2, 0.25) is 11.8 Å². The Morgan fingerprint density at radius 1 is 0.815 bits per heavy atom. The molecular formula is C20H28N4O3. The SMILES string of the molecule is CC(=O)Nc1ccc(CC(=O)N2CCN(C(=O)N3CCCCC3)CC2)cc1. The molecule has 7 heteroatoms. The van der Waals surface area contributed by atoms with E-state index in [1.165, 1.54) is 13.3 Å². The van der Waals surface area contributed by atoms with E-state index in [0.29, 0.717) is 32.6 Å². The van der Waals surface area contributed by atoms with Gasteiger partial charge in [-0.25, -0.2) is 4.79 Å². The lowest BCUT2D eigenvalue weighted by Crippen LogP contribution is -2.54. The van der Waals surface area contributed by atoms with Crippen LogP contribution in [0.2, 0.25) is 0 Å². The van der Waals surface area contributed by atoms with Gasteiger partial charge in [0.15, 0.2) is 0 Å². The quantitative estimate of drug-likeness (QED) is 0.881. The van der Waals surface area contributed by atoms with Crippen LogP contribution in [0.15, 0.2) is 24.3 Å². The minimum absolute atomic E-state index is 0.0762. The van der Waals surface area contributed by atoms with E-state index in [9.17, 15) is 14.4 Å². The number of hydrogen-bond donors (Lipinski definition) is 1. The third-order valence-corrected chi connectivity index (χ3v) is 5.16. The van der Waals surface area contributed by atoms with Crippen LogP contribution in [0.25, 0.3) is 0 Å². The fourth-order valence-electron chi connectivity index (χ4n) is 3.63. The molecular weight excluding hydrogens is 344 g/mol. The van der Waals surface area contributed by atoms with Crippen molar-refractivity contribution in [1.82, 2.24) is 14.7 Å². The number of urea groups is 1. The number of nitrogens with zero attached hydrogens (tertiary/aromatic N) is 3.